The quantitative estimate of drug-likeness (QED) is 0.824. The van der Waals surface area contributed by atoms with Gasteiger partial charge in [0.15, 0.2) is 0 Å². The van der Waals surface area contributed by atoms with Crippen LogP contribution in [0.15, 0.2) is 12.1 Å². The monoisotopic (exact) mass is 250 g/mol. The predicted molar refractivity (Wildman–Crippen MR) is 67.5 cm³/mol. The molecule has 1 aromatic rings. The van der Waals surface area contributed by atoms with Gasteiger partial charge < -0.3 is 15.0 Å². The van der Waals surface area contributed by atoms with Crippen molar-refractivity contribution in [3.05, 3.63) is 28.3 Å². The Balaban J connectivity index is 1.74. The Morgan fingerprint density at radius 2 is 2.12 bits per heavy atom. The SMILES string of the molecule is Clc1cc2c(cc1N1CC3CC1CO3)CNC2. The standard InChI is InChI=1S/C13H15ClN2O/c14-12-1-8-4-15-5-9(8)2-13(12)16-6-11-3-10(16)7-17-11/h1-2,10-11,15H,3-7H2. The second-order valence-corrected chi connectivity index (χ2v) is 5.58. The van der Waals surface area contributed by atoms with Gasteiger partial charge in [0.05, 0.1) is 29.5 Å². The summed E-state index contributed by atoms with van der Waals surface area (Å²) < 4.78 is 5.64. The topological polar surface area (TPSA) is 24.5 Å². The molecule has 0 aliphatic carbocycles. The number of halogens is 1. The fourth-order valence-corrected chi connectivity index (χ4v) is 3.52. The van der Waals surface area contributed by atoms with Crippen molar-refractivity contribution in [2.45, 2.75) is 31.7 Å². The van der Waals surface area contributed by atoms with Gasteiger partial charge in [-0.05, 0) is 29.7 Å². The molecular weight excluding hydrogens is 236 g/mol. The van der Waals surface area contributed by atoms with Crippen LogP contribution in [0.25, 0.3) is 0 Å². The highest BCUT2D eigenvalue weighted by Gasteiger charge is 2.39. The lowest BCUT2D eigenvalue weighted by molar-refractivity contribution is 0.0991. The van der Waals surface area contributed by atoms with Crippen LogP contribution in [-0.2, 0) is 17.8 Å². The Bertz CT molecular complexity index is 477. The highest BCUT2D eigenvalue weighted by atomic mass is 35.5. The van der Waals surface area contributed by atoms with Crippen molar-refractivity contribution in [2.24, 2.45) is 0 Å². The number of nitrogens with zero attached hydrogens (tertiary/aromatic N) is 1. The molecule has 4 heteroatoms. The summed E-state index contributed by atoms with van der Waals surface area (Å²) in [6.07, 6.45) is 1.58. The van der Waals surface area contributed by atoms with E-state index in [1.54, 1.807) is 0 Å². The number of benzene rings is 1. The number of morpholine rings is 1. The number of hydrogen-bond acceptors (Lipinski definition) is 3. The van der Waals surface area contributed by atoms with E-state index in [0.29, 0.717) is 12.1 Å². The zero-order valence-corrected chi connectivity index (χ0v) is 10.3. The molecule has 0 radical (unpaired) electrons. The maximum atomic E-state index is 6.41. The average Bonchev–Trinajstić information content (AvgIpc) is 3.02. The van der Waals surface area contributed by atoms with Gasteiger partial charge in [0.25, 0.3) is 0 Å². The van der Waals surface area contributed by atoms with Crippen LogP contribution in [0.4, 0.5) is 5.69 Å². The number of fused-ring (bicyclic) bond motifs is 3. The molecule has 2 unspecified atom stereocenters. The molecule has 0 spiro atoms. The largest absolute Gasteiger partial charge is 0.374 e. The van der Waals surface area contributed by atoms with Gasteiger partial charge in [-0.2, -0.15) is 0 Å². The molecule has 3 nitrogen and oxygen atoms in total. The van der Waals surface area contributed by atoms with Crippen molar-refractivity contribution >= 4 is 17.3 Å². The van der Waals surface area contributed by atoms with Crippen molar-refractivity contribution in [1.82, 2.24) is 5.32 Å². The van der Waals surface area contributed by atoms with Crippen molar-refractivity contribution in [1.29, 1.82) is 0 Å². The van der Waals surface area contributed by atoms with Crippen LogP contribution < -0.4 is 10.2 Å². The van der Waals surface area contributed by atoms with Crippen LogP contribution in [0, 0.1) is 0 Å². The van der Waals surface area contributed by atoms with E-state index in [4.69, 9.17) is 16.3 Å². The normalized spacial score (nSPS) is 30.1. The summed E-state index contributed by atoms with van der Waals surface area (Å²) in [5.74, 6) is 0. The third kappa shape index (κ3) is 1.49. The number of anilines is 1. The van der Waals surface area contributed by atoms with Crippen molar-refractivity contribution in [2.75, 3.05) is 18.1 Å². The highest BCUT2D eigenvalue weighted by Crippen LogP contribution is 2.38. The molecule has 2 saturated heterocycles. The summed E-state index contributed by atoms with van der Waals surface area (Å²) in [7, 11) is 0. The van der Waals surface area contributed by atoms with Crippen LogP contribution >= 0.6 is 11.6 Å². The third-order valence-corrected chi connectivity index (χ3v) is 4.41. The zero-order chi connectivity index (χ0) is 11.4. The maximum Gasteiger partial charge on any atom is 0.0771 e. The van der Waals surface area contributed by atoms with Gasteiger partial charge in [-0.1, -0.05) is 11.6 Å². The second-order valence-electron chi connectivity index (χ2n) is 5.17. The molecule has 2 atom stereocenters. The van der Waals surface area contributed by atoms with Crippen molar-refractivity contribution < 1.29 is 4.74 Å². The minimum absolute atomic E-state index is 0.419. The zero-order valence-electron chi connectivity index (χ0n) is 9.58. The van der Waals surface area contributed by atoms with Crippen molar-refractivity contribution in [3.63, 3.8) is 0 Å². The van der Waals surface area contributed by atoms with Crippen LogP contribution in [-0.4, -0.2) is 25.3 Å². The second kappa shape index (κ2) is 3.61. The summed E-state index contributed by atoms with van der Waals surface area (Å²) in [4.78, 5) is 2.43. The first kappa shape index (κ1) is 10.2. The Hall–Kier alpha value is -0.770. The molecule has 0 aromatic heterocycles. The molecule has 0 amide bonds. The third-order valence-electron chi connectivity index (χ3n) is 4.11. The summed E-state index contributed by atoms with van der Waals surface area (Å²) in [5.41, 5.74) is 3.94. The first-order chi connectivity index (χ1) is 8.31. The van der Waals surface area contributed by atoms with Crippen LogP contribution in [0.5, 0.6) is 0 Å². The summed E-state index contributed by atoms with van der Waals surface area (Å²) in [6.45, 7) is 3.77. The van der Waals surface area contributed by atoms with Crippen molar-refractivity contribution in [3.8, 4) is 0 Å². The van der Waals surface area contributed by atoms with E-state index < -0.39 is 0 Å². The Kier molecular flexibility index (Phi) is 2.16. The van der Waals surface area contributed by atoms with E-state index in [1.165, 1.54) is 16.8 Å². The summed E-state index contributed by atoms with van der Waals surface area (Å²) >= 11 is 6.41. The number of nitrogens with one attached hydrogen (secondary N) is 1. The van der Waals surface area contributed by atoms with Gasteiger partial charge in [0, 0.05) is 19.6 Å². The molecule has 3 aliphatic rings. The lowest BCUT2D eigenvalue weighted by atomic mass is 10.1. The minimum Gasteiger partial charge on any atom is -0.374 e. The molecule has 3 aliphatic heterocycles. The van der Waals surface area contributed by atoms with Crippen LogP contribution in [0.2, 0.25) is 5.02 Å². The van der Waals surface area contributed by atoms with E-state index in [1.807, 2.05) is 0 Å². The Labute approximate surface area is 106 Å². The van der Waals surface area contributed by atoms with Gasteiger partial charge in [0.2, 0.25) is 0 Å². The first-order valence-corrected chi connectivity index (χ1v) is 6.59. The molecule has 2 fully saturated rings. The van der Waals surface area contributed by atoms with E-state index in [2.05, 4.69) is 22.3 Å². The molecule has 3 heterocycles. The lowest BCUT2D eigenvalue weighted by Gasteiger charge is -2.30. The molecule has 1 aromatic carbocycles. The van der Waals surface area contributed by atoms with Crippen LogP contribution in [0.1, 0.15) is 17.5 Å². The highest BCUT2D eigenvalue weighted by molar-refractivity contribution is 6.33. The Morgan fingerprint density at radius 1 is 1.29 bits per heavy atom. The number of ether oxygens (including phenoxy) is 1. The van der Waals surface area contributed by atoms with E-state index in [-0.39, 0.29) is 0 Å². The van der Waals surface area contributed by atoms with Gasteiger partial charge in [-0.15, -0.1) is 0 Å². The molecule has 0 saturated carbocycles. The van der Waals surface area contributed by atoms with Gasteiger partial charge in [-0.25, -0.2) is 0 Å². The molecule has 4 rings (SSSR count). The van der Waals surface area contributed by atoms with E-state index >= 15 is 0 Å². The molecule has 90 valence electrons. The fourth-order valence-electron chi connectivity index (χ4n) is 3.22. The number of hydrogen-bond donors (Lipinski definition) is 1. The smallest absolute Gasteiger partial charge is 0.0771 e. The molecule has 1 N–H and O–H groups in total. The number of rotatable bonds is 1. The summed E-state index contributed by atoms with van der Waals surface area (Å²) in [5, 5.41) is 4.25. The van der Waals surface area contributed by atoms with Gasteiger partial charge >= 0.3 is 0 Å². The maximum absolute atomic E-state index is 6.41. The fraction of sp³-hybridized carbons (Fsp3) is 0.538. The first-order valence-electron chi connectivity index (χ1n) is 6.21. The predicted octanol–water partition coefficient (Wildman–Crippen LogP) is 1.92. The minimum atomic E-state index is 0.419. The summed E-state index contributed by atoms with van der Waals surface area (Å²) in [6, 6.07) is 4.92. The lowest BCUT2D eigenvalue weighted by Crippen LogP contribution is -2.37. The van der Waals surface area contributed by atoms with Crippen LogP contribution in [0.3, 0.4) is 0 Å². The van der Waals surface area contributed by atoms with E-state index in [0.717, 1.165) is 37.7 Å². The molecule has 2 bridgehead atoms. The van der Waals surface area contributed by atoms with Gasteiger partial charge in [0.1, 0.15) is 0 Å². The molecular formula is C13H15ClN2O. The van der Waals surface area contributed by atoms with E-state index in [9.17, 15) is 0 Å². The molecule has 17 heavy (non-hydrogen) atoms. The average molecular weight is 251 g/mol. The Morgan fingerprint density at radius 3 is 2.82 bits per heavy atom. The van der Waals surface area contributed by atoms with Gasteiger partial charge in [-0.3, -0.25) is 0 Å².